The van der Waals surface area contributed by atoms with Gasteiger partial charge in [0.05, 0.1) is 13.7 Å². The maximum absolute atomic E-state index is 9.43. The first-order chi connectivity index (χ1) is 11.3. The van der Waals surface area contributed by atoms with Gasteiger partial charge in [-0.15, -0.1) is 11.3 Å². The highest BCUT2D eigenvalue weighted by molar-refractivity contribution is 7.09. The number of likely N-dealkylation sites (tertiary alicyclic amines) is 1. The van der Waals surface area contributed by atoms with Crippen molar-refractivity contribution in [2.45, 2.75) is 32.0 Å². The molecule has 1 N–H and O–H groups in total. The van der Waals surface area contributed by atoms with Crippen LogP contribution in [0.1, 0.15) is 23.3 Å². The zero-order chi connectivity index (χ0) is 16.1. The number of hydrogen-bond acceptors (Lipinski definition) is 5. The summed E-state index contributed by atoms with van der Waals surface area (Å²) in [5, 5.41) is 11.5. The van der Waals surface area contributed by atoms with Crippen LogP contribution >= 0.6 is 11.3 Å². The van der Waals surface area contributed by atoms with Gasteiger partial charge in [-0.05, 0) is 48.5 Å². The van der Waals surface area contributed by atoms with Gasteiger partial charge in [0, 0.05) is 17.5 Å². The van der Waals surface area contributed by atoms with Gasteiger partial charge in [-0.1, -0.05) is 12.1 Å². The van der Waals surface area contributed by atoms with Gasteiger partial charge in [0.2, 0.25) is 0 Å². The molecular formula is C18H23NO3S. The number of aliphatic hydroxyl groups is 1. The Morgan fingerprint density at radius 1 is 1.30 bits per heavy atom. The van der Waals surface area contributed by atoms with Crippen LogP contribution in [-0.2, 0) is 13.2 Å². The Bertz CT molecular complexity index is 615. The summed E-state index contributed by atoms with van der Waals surface area (Å²) in [6.07, 6.45) is 2.24. The lowest BCUT2D eigenvalue weighted by Crippen LogP contribution is -2.31. The van der Waals surface area contributed by atoms with Crippen LogP contribution < -0.4 is 9.47 Å². The van der Waals surface area contributed by atoms with Crippen LogP contribution in [0.2, 0.25) is 0 Å². The molecule has 1 atom stereocenters. The molecule has 0 saturated carbocycles. The molecule has 2 aromatic rings. The lowest BCUT2D eigenvalue weighted by molar-refractivity contribution is 0.153. The summed E-state index contributed by atoms with van der Waals surface area (Å²) in [6, 6.07) is 10.5. The van der Waals surface area contributed by atoms with E-state index in [0.29, 0.717) is 6.61 Å². The molecule has 0 radical (unpaired) electrons. The first kappa shape index (κ1) is 16.3. The quantitative estimate of drug-likeness (QED) is 0.844. The van der Waals surface area contributed by atoms with Crippen molar-refractivity contribution in [1.29, 1.82) is 0 Å². The lowest BCUT2D eigenvalue weighted by atomic mass is 10.1. The highest BCUT2D eigenvalue weighted by Gasteiger charge is 2.23. The summed E-state index contributed by atoms with van der Waals surface area (Å²) in [7, 11) is 1.67. The molecule has 0 unspecified atom stereocenters. The van der Waals surface area contributed by atoms with E-state index in [9.17, 15) is 5.11 Å². The summed E-state index contributed by atoms with van der Waals surface area (Å²) in [5.74, 6) is 1.53. The Morgan fingerprint density at radius 2 is 2.22 bits per heavy atom. The molecule has 2 heterocycles. The van der Waals surface area contributed by atoms with Crippen molar-refractivity contribution in [2.75, 3.05) is 20.3 Å². The topological polar surface area (TPSA) is 41.9 Å². The lowest BCUT2D eigenvalue weighted by Gasteiger charge is -2.23. The largest absolute Gasteiger partial charge is 0.493 e. The smallest absolute Gasteiger partial charge is 0.161 e. The van der Waals surface area contributed by atoms with E-state index < -0.39 is 0 Å². The minimum absolute atomic E-state index is 0.235. The van der Waals surface area contributed by atoms with Crippen LogP contribution in [0.15, 0.2) is 35.7 Å². The molecule has 1 aromatic heterocycles. The molecule has 0 aliphatic carbocycles. The number of aliphatic hydroxyl groups excluding tert-OH is 1. The number of thiophene rings is 1. The highest BCUT2D eigenvalue weighted by atomic mass is 32.1. The van der Waals surface area contributed by atoms with Gasteiger partial charge in [0.1, 0.15) is 6.61 Å². The fraction of sp³-hybridized carbons (Fsp3) is 0.444. The second-order valence-corrected chi connectivity index (χ2v) is 6.83. The maximum Gasteiger partial charge on any atom is 0.161 e. The van der Waals surface area contributed by atoms with E-state index in [0.717, 1.165) is 37.4 Å². The van der Waals surface area contributed by atoms with Gasteiger partial charge < -0.3 is 14.6 Å². The summed E-state index contributed by atoms with van der Waals surface area (Å²) in [4.78, 5) is 3.53. The average Bonchev–Trinajstić information content (AvgIpc) is 3.24. The van der Waals surface area contributed by atoms with Crippen LogP contribution in [0.25, 0.3) is 0 Å². The van der Waals surface area contributed by atoms with Crippen molar-refractivity contribution in [3.8, 4) is 11.5 Å². The Kier molecular flexibility index (Phi) is 5.54. The third-order valence-corrected chi connectivity index (χ3v) is 5.12. The van der Waals surface area contributed by atoms with E-state index in [1.165, 1.54) is 10.4 Å². The second-order valence-electron chi connectivity index (χ2n) is 5.80. The number of ether oxygens (including phenoxy) is 2. The van der Waals surface area contributed by atoms with Gasteiger partial charge >= 0.3 is 0 Å². The molecule has 5 heteroatoms. The average molecular weight is 333 g/mol. The normalized spacial score (nSPS) is 18.3. The third-order valence-electron chi connectivity index (χ3n) is 4.27. The summed E-state index contributed by atoms with van der Waals surface area (Å²) in [6.45, 7) is 2.68. The van der Waals surface area contributed by atoms with Crippen LogP contribution in [0.4, 0.5) is 0 Å². The zero-order valence-electron chi connectivity index (χ0n) is 13.4. The molecule has 0 amide bonds. The molecule has 23 heavy (non-hydrogen) atoms. The minimum atomic E-state index is 0.235. The van der Waals surface area contributed by atoms with Crippen molar-refractivity contribution >= 4 is 11.3 Å². The summed E-state index contributed by atoms with van der Waals surface area (Å²) in [5.41, 5.74) is 1.19. The minimum Gasteiger partial charge on any atom is -0.493 e. The Morgan fingerprint density at radius 3 is 2.96 bits per heavy atom. The van der Waals surface area contributed by atoms with Crippen molar-refractivity contribution in [1.82, 2.24) is 4.90 Å². The molecular weight excluding hydrogens is 310 g/mol. The summed E-state index contributed by atoms with van der Waals surface area (Å²) < 4.78 is 11.4. The number of benzene rings is 1. The number of hydrogen-bond donors (Lipinski definition) is 1. The molecule has 1 aromatic carbocycles. The first-order valence-corrected chi connectivity index (χ1v) is 8.85. The fourth-order valence-electron chi connectivity index (χ4n) is 3.02. The van der Waals surface area contributed by atoms with Gasteiger partial charge in [0.25, 0.3) is 0 Å². The van der Waals surface area contributed by atoms with Crippen LogP contribution in [0.5, 0.6) is 11.5 Å². The molecule has 1 fully saturated rings. The molecule has 3 rings (SSSR count). The van der Waals surface area contributed by atoms with E-state index in [4.69, 9.17) is 9.47 Å². The fourth-order valence-corrected chi connectivity index (χ4v) is 3.63. The summed E-state index contributed by atoms with van der Waals surface area (Å²) >= 11 is 1.69. The van der Waals surface area contributed by atoms with Crippen molar-refractivity contribution in [3.63, 3.8) is 0 Å². The monoisotopic (exact) mass is 333 g/mol. The highest BCUT2D eigenvalue weighted by Crippen LogP contribution is 2.30. The SMILES string of the molecule is COc1cc(CN2CCC[C@@H]2CO)ccc1OCc1cccs1. The predicted molar refractivity (Wildman–Crippen MR) is 92.2 cm³/mol. The third kappa shape index (κ3) is 4.05. The van der Waals surface area contributed by atoms with E-state index in [1.807, 2.05) is 23.6 Å². The predicted octanol–water partition coefficient (Wildman–Crippen LogP) is 3.29. The van der Waals surface area contributed by atoms with Gasteiger partial charge in [-0.3, -0.25) is 4.90 Å². The van der Waals surface area contributed by atoms with Crippen molar-refractivity contribution in [2.24, 2.45) is 0 Å². The molecule has 124 valence electrons. The van der Waals surface area contributed by atoms with E-state index in [1.54, 1.807) is 18.4 Å². The number of methoxy groups -OCH3 is 1. The Balaban J connectivity index is 1.66. The standard InChI is InChI=1S/C18H23NO3S/c1-21-18-10-14(11-19-8-2-4-15(19)12-20)6-7-17(18)22-13-16-5-3-9-23-16/h3,5-7,9-10,15,20H,2,4,8,11-13H2,1H3/t15-/m1/s1. The van der Waals surface area contributed by atoms with Gasteiger partial charge in [0.15, 0.2) is 11.5 Å². The van der Waals surface area contributed by atoms with E-state index in [-0.39, 0.29) is 12.6 Å². The van der Waals surface area contributed by atoms with E-state index in [2.05, 4.69) is 17.0 Å². The van der Waals surface area contributed by atoms with Crippen molar-refractivity contribution < 1.29 is 14.6 Å². The number of rotatable bonds is 7. The molecule has 1 saturated heterocycles. The van der Waals surface area contributed by atoms with Gasteiger partial charge in [-0.2, -0.15) is 0 Å². The van der Waals surface area contributed by atoms with E-state index >= 15 is 0 Å². The van der Waals surface area contributed by atoms with Crippen LogP contribution in [0.3, 0.4) is 0 Å². The van der Waals surface area contributed by atoms with Crippen molar-refractivity contribution in [3.05, 3.63) is 46.2 Å². The molecule has 0 spiro atoms. The van der Waals surface area contributed by atoms with Gasteiger partial charge in [-0.25, -0.2) is 0 Å². The van der Waals surface area contributed by atoms with Crippen LogP contribution in [-0.4, -0.2) is 36.3 Å². The molecule has 1 aliphatic rings. The molecule has 1 aliphatic heterocycles. The second kappa shape index (κ2) is 7.81. The zero-order valence-corrected chi connectivity index (χ0v) is 14.2. The number of nitrogens with zero attached hydrogens (tertiary/aromatic N) is 1. The maximum atomic E-state index is 9.43. The van der Waals surface area contributed by atoms with Crippen LogP contribution in [0, 0.1) is 0 Å². The first-order valence-electron chi connectivity index (χ1n) is 7.97. The molecule has 0 bridgehead atoms. The Labute approximate surface area is 141 Å². The molecule has 4 nitrogen and oxygen atoms in total. The Hall–Kier alpha value is -1.56.